The fraction of sp³-hybridized carbons (Fsp3) is 0.526. The lowest BCUT2D eigenvalue weighted by Crippen LogP contribution is -2.39. The van der Waals surface area contributed by atoms with Gasteiger partial charge in [0.05, 0.1) is 0 Å². The number of nitrogens with zero attached hydrogens (tertiary/aromatic N) is 4. The van der Waals surface area contributed by atoms with Crippen LogP contribution in [0.5, 0.6) is 0 Å². The maximum Gasteiger partial charge on any atom is 0.191 e. The molecule has 0 amide bonds. The number of guanidine groups is 1. The molecule has 0 saturated carbocycles. The van der Waals surface area contributed by atoms with Gasteiger partial charge >= 0.3 is 0 Å². The molecule has 0 spiro atoms. The van der Waals surface area contributed by atoms with Crippen LogP contribution in [0.3, 0.4) is 0 Å². The Kier molecular flexibility index (Phi) is 6.57. The van der Waals surface area contributed by atoms with E-state index in [9.17, 15) is 4.39 Å². The van der Waals surface area contributed by atoms with Crippen LogP contribution in [0.1, 0.15) is 36.5 Å². The van der Waals surface area contributed by atoms with Crippen LogP contribution in [0.2, 0.25) is 0 Å². The van der Waals surface area contributed by atoms with Crippen molar-refractivity contribution in [3.63, 3.8) is 0 Å². The van der Waals surface area contributed by atoms with E-state index in [0.29, 0.717) is 6.54 Å². The van der Waals surface area contributed by atoms with E-state index in [-0.39, 0.29) is 5.82 Å². The van der Waals surface area contributed by atoms with Gasteiger partial charge in [0.15, 0.2) is 5.96 Å². The van der Waals surface area contributed by atoms with Crippen LogP contribution in [0.15, 0.2) is 29.3 Å². The highest BCUT2D eigenvalue weighted by Gasteiger charge is 2.14. The molecule has 2 aromatic rings. The predicted octanol–water partition coefficient (Wildman–Crippen LogP) is 2.09. The minimum Gasteiger partial charge on any atom is -0.356 e. The van der Waals surface area contributed by atoms with E-state index in [1.165, 1.54) is 25.3 Å². The molecule has 26 heavy (non-hydrogen) atoms. The van der Waals surface area contributed by atoms with Crippen LogP contribution in [0, 0.1) is 5.82 Å². The summed E-state index contributed by atoms with van der Waals surface area (Å²) >= 11 is 0. The molecule has 7 heteroatoms. The molecule has 0 radical (unpaired) electrons. The first kappa shape index (κ1) is 18.4. The molecule has 1 aliphatic rings. The molecule has 0 atom stereocenters. The number of halogens is 1. The Balaban J connectivity index is 1.42. The molecule has 2 heterocycles. The smallest absolute Gasteiger partial charge is 0.191 e. The van der Waals surface area contributed by atoms with E-state index in [2.05, 4.69) is 30.4 Å². The Morgan fingerprint density at radius 2 is 2.00 bits per heavy atom. The van der Waals surface area contributed by atoms with Crippen molar-refractivity contribution in [2.75, 3.05) is 20.1 Å². The van der Waals surface area contributed by atoms with Crippen LogP contribution in [-0.4, -0.2) is 40.9 Å². The van der Waals surface area contributed by atoms with Gasteiger partial charge in [-0.2, -0.15) is 0 Å². The minimum absolute atomic E-state index is 0.197. The number of aryl methyl sites for hydroxylation is 1. The standard InChI is InChI=1S/C19H27FN6/c1-21-19(22-11-9-15-6-5-7-16(20)14-15)23-12-10-18-25-24-17-8-3-2-4-13-26(17)18/h5-7,14H,2-4,8-13H2,1H3,(H2,21,22,23). The van der Waals surface area contributed by atoms with Crippen LogP contribution in [-0.2, 0) is 25.8 Å². The topological polar surface area (TPSA) is 67.1 Å². The van der Waals surface area contributed by atoms with Gasteiger partial charge in [0.25, 0.3) is 0 Å². The van der Waals surface area contributed by atoms with Gasteiger partial charge in [-0.3, -0.25) is 4.99 Å². The number of rotatable bonds is 6. The third kappa shape index (κ3) is 5.03. The van der Waals surface area contributed by atoms with Crippen molar-refractivity contribution in [3.05, 3.63) is 47.3 Å². The van der Waals surface area contributed by atoms with Crippen LogP contribution < -0.4 is 10.6 Å². The van der Waals surface area contributed by atoms with Crippen LogP contribution >= 0.6 is 0 Å². The Labute approximate surface area is 153 Å². The Bertz CT molecular complexity index is 739. The first-order chi connectivity index (χ1) is 12.8. The molecule has 1 aromatic heterocycles. The highest BCUT2D eigenvalue weighted by Crippen LogP contribution is 2.14. The molecule has 0 fully saturated rings. The minimum atomic E-state index is -0.197. The largest absolute Gasteiger partial charge is 0.356 e. The van der Waals surface area contributed by atoms with Gasteiger partial charge in [-0.1, -0.05) is 18.6 Å². The normalized spacial score (nSPS) is 14.6. The summed E-state index contributed by atoms with van der Waals surface area (Å²) in [6.07, 6.45) is 6.27. The molecule has 1 aliphatic heterocycles. The average molecular weight is 358 g/mol. The van der Waals surface area contributed by atoms with Crippen molar-refractivity contribution in [2.24, 2.45) is 4.99 Å². The SMILES string of the molecule is CN=C(NCCc1cccc(F)c1)NCCc1nnc2n1CCCCC2. The lowest BCUT2D eigenvalue weighted by atomic mass is 10.1. The Morgan fingerprint density at radius 1 is 1.15 bits per heavy atom. The van der Waals surface area contributed by atoms with E-state index in [1.54, 1.807) is 19.2 Å². The lowest BCUT2D eigenvalue weighted by Gasteiger charge is -2.12. The van der Waals surface area contributed by atoms with E-state index in [1.807, 2.05) is 6.07 Å². The first-order valence-corrected chi connectivity index (χ1v) is 9.36. The molecule has 0 unspecified atom stereocenters. The van der Waals surface area contributed by atoms with Crippen molar-refractivity contribution in [2.45, 2.75) is 45.1 Å². The Morgan fingerprint density at radius 3 is 2.81 bits per heavy atom. The number of aromatic nitrogens is 3. The highest BCUT2D eigenvalue weighted by molar-refractivity contribution is 5.79. The van der Waals surface area contributed by atoms with Crippen molar-refractivity contribution in [1.29, 1.82) is 0 Å². The number of benzene rings is 1. The fourth-order valence-corrected chi connectivity index (χ4v) is 3.26. The summed E-state index contributed by atoms with van der Waals surface area (Å²) in [5, 5.41) is 15.3. The van der Waals surface area contributed by atoms with Crippen molar-refractivity contribution >= 4 is 5.96 Å². The van der Waals surface area contributed by atoms with E-state index in [4.69, 9.17) is 0 Å². The third-order valence-corrected chi connectivity index (χ3v) is 4.65. The second-order valence-electron chi connectivity index (χ2n) is 6.55. The summed E-state index contributed by atoms with van der Waals surface area (Å²) in [5.41, 5.74) is 0.971. The van der Waals surface area contributed by atoms with E-state index >= 15 is 0 Å². The zero-order valence-corrected chi connectivity index (χ0v) is 15.3. The number of fused-ring (bicyclic) bond motifs is 1. The van der Waals surface area contributed by atoms with Gasteiger partial charge in [-0.05, 0) is 37.0 Å². The van der Waals surface area contributed by atoms with Gasteiger partial charge in [0.2, 0.25) is 0 Å². The monoisotopic (exact) mass is 358 g/mol. The molecule has 0 aliphatic carbocycles. The van der Waals surface area contributed by atoms with E-state index in [0.717, 1.165) is 55.5 Å². The zero-order chi connectivity index (χ0) is 18.2. The van der Waals surface area contributed by atoms with Gasteiger partial charge in [0, 0.05) is 39.5 Å². The molecule has 140 valence electrons. The second kappa shape index (κ2) is 9.31. The van der Waals surface area contributed by atoms with Gasteiger partial charge < -0.3 is 15.2 Å². The maximum absolute atomic E-state index is 13.2. The number of nitrogens with one attached hydrogen (secondary N) is 2. The molecule has 1 aromatic carbocycles. The number of aliphatic imine (C=N–C) groups is 1. The van der Waals surface area contributed by atoms with Crippen LogP contribution in [0.25, 0.3) is 0 Å². The average Bonchev–Trinajstić information content (AvgIpc) is 2.87. The van der Waals surface area contributed by atoms with Crippen molar-refractivity contribution in [1.82, 2.24) is 25.4 Å². The molecule has 2 N–H and O–H groups in total. The molecule has 0 saturated heterocycles. The lowest BCUT2D eigenvalue weighted by molar-refractivity contribution is 0.600. The predicted molar refractivity (Wildman–Crippen MR) is 101 cm³/mol. The maximum atomic E-state index is 13.2. The van der Waals surface area contributed by atoms with Crippen molar-refractivity contribution < 1.29 is 4.39 Å². The summed E-state index contributed by atoms with van der Waals surface area (Å²) in [6, 6.07) is 6.69. The molecular weight excluding hydrogens is 331 g/mol. The summed E-state index contributed by atoms with van der Waals surface area (Å²) < 4.78 is 15.5. The molecule has 3 rings (SSSR count). The summed E-state index contributed by atoms with van der Waals surface area (Å²) in [5.74, 6) is 2.72. The van der Waals surface area contributed by atoms with E-state index < -0.39 is 0 Å². The van der Waals surface area contributed by atoms with Gasteiger partial charge in [-0.25, -0.2) is 4.39 Å². The number of hydrogen-bond acceptors (Lipinski definition) is 3. The summed E-state index contributed by atoms with van der Waals surface area (Å²) in [7, 11) is 1.75. The van der Waals surface area contributed by atoms with Crippen molar-refractivity contribution in [3.8, 4) is 0 Å². The number of hydrogen-bond donors (Lipinski definition) is 2. The van der Waals surface area contributed by atoms with Gasteiger partial charge in [0.1, 0.15) is 17.5 Å². The van der Waals surface area contributed by atoms with Gasteiger partial charge in [-0.15, -0.1) is 10.2 Å². The second-order valence-corrected chi connectivity index (χ2v) is 6.55. The molecule has 0 bridgehead atoms. The molecular formula is C19H27FN6. The highest BCUT2D eigenvalue weighted by atomic mass is 19.1. The van der Waals surface area contributed by atoms with Crippen LogP contribution in [0.4, 0.5) is 4.39 Å². The zero-order valence-electron chi connectivity index (χ0n) is 15.3. The summed E-state index contributed by atoms with van der Waals surface area (Å²) in [6.45, 7) is 2.47. The summed E-state index contributed by atoms with van der Waals surface area (Å²) in [4.78, 5) is 4.24. The quantitative estimate of drug-likeness (QED) is 0.613. The third-order valence-electron chi connectivity index (χ3n) is 4.65. The fourth-order valence-electron chi connectivity index (χ4n) is 3.26. The first-order valence-electron chi connectivity index (χ1n) is 9.36. The Hall–Kier alpha value is -2.44. The molecule has 6 nitrogen and oxygen atoms in total.